The Labute approximate surface area is 133 Å². The molecule has 1 heterocycles. The average molecular weight is 327 g/mol. The number of rotatable bonds is 4. The standard InChI is InChI=1S/C17H13NO4S/c19-13(11-16(20)12-6-2-1-3-7-12)10-15-14-8-4-5-9-17(14)23(21,22)18-15/h1-10,18H,11H2/b15-10-. The molecule has 6 heteroatoms. The molecular formula is C17H13NO4S. The van der Waals surface area contributed by atoms with Gasteiger partial charge in [-0.15, -0.1) is 0 Å². The van der Waals surface area contributed by atoms with Crippen LogP contribution in [0.2, 0.25) is 0 Å². The van der Waals surface area contributed by atoms with E-state index in [1.807, 2.05) is 0 Å². The number of Topliss-reactive ketones (excluding diaryl/α,β-unsaturated/α-hetero) is 1. The van der Waals surface area contributed by atoms with E-state index >= 15 is 0 Å². The maximum atomic E-state index is 12.1. The van der Waals surface area contributed by atoms with Crippen molar-refractivity contribution >= 4 is 27.3 Å². The molecule has 0 amide bonds. The second-order valence-corrected chi connectivity index (χ2v) is 6.74. The molecular weight excluding hydrogens is 314 g/mol. The predicted octanol–water partition coefficient (Wildman–Crippen LogP) is 2.16. The smallest absolute Gasteiger partial charge is 0.262 e. The molecule has 0 fully saturated rings. The van der Waals surface area contributed by atoms with Crippen molar-refractivity contribution < 1.29 is 18.0 Å². The molecule has 2 aromatic carbocycles. The van der Waals surface area contributed by atoms with Gasteiger partial charge in [0.1, 0.15) is 0 Å². The quantitative estimate of drug-likeness (QED) is 0.530. The van der Waals surface area contributed by atoms with E-state index in [0.717, 1.165) is 0 Å². The third kappa shape index (κ3) is 3.07. The summed E-state index contributed by atoms with van der Waals surface area (Å²) < 4.78 is 26.3. The number of carbonyl (C=O) groups is 2. The van der Waals surface area contributed by atoms with Crippen molar-refractivity contribution in [1.29, 1.82) is 0 Å². The largest absolute Gasteiger partial charge is 0.294 e. The van der Waals surface area contributed by atoms with Crippen LogP contribution in [0.1, 0.15) is 22.3 Å². The summed E-state index contributed by atoms with van der Waals surface area (Å²) in [5, 5.41) is 0. The molecule has 5 nitrogen and oxygen atoms in total. The van der Waals surface area contributed by atoms with Crippen LogP contribution in [0.5, 0.6) is 0 Å². The Kier molecular flexibility index (Phi) is 3.83. The second-order valence-electron chi connectivity index (χ2n) is 5.09. The number of fused-ring (bicyclic) bond motifs is 1. The first-order chi connectivity index (χ1) is 11.0. The van der Waals surface area contributed by atoms with Gasteiger partial charge in [0.15, 0.2) is 11.6 Å². The summed E-state index contributed by atoms with van der Waals surface area (Å²) in [6, 6.07) is 14.9. The zero-order valence-corrected chi connectivity index (χ0v) is 12.8. The molecule has 0 aliphatic carbocycles. The van der Waals surface area contributed by atoms with E-state index in [-0.39, 0.29) is 22.8 Å². The minimum Gasteiger partial charge on any atom is -0.294 e. The Morgan fingerprint density at radius 2 is 1.61 bits per heavy atom. The van der Waals surface area contributed by atoms with Gasteiger partial charge in [-0.3, -0.25) is 14.3 Å². The first-order valence-electron chi connectivity index (χ1n) is 6.92. The first kappa shape index (κ1) is 15.2. The molecule has 0 saturated heterocycles. The fourth-order valence-electron chi connectivity index (χ4n) is 2.38. The molecule has 3 rings (SSSR count). The van der Waals surface area contributed by atoms with E-state index < -0.39 is 15.8 Å². The average Bonchev–Trinajstić information content (AvgIpc) is 2.79. The van der Waals surface area contributed by atoms with Crippen LogP contribution in [0, 0.1) is 0 Å². The number of benzene rings is 2. The van der Waals surface area contributed by atoms with Crippen molar-refractivity contribution in [2.75, 3.05) is 0 Å². The number of carbonyl (C=O) groups excluding carboxylic acids is 2. The molecule has 1 aliphatic rings. The Morgan fingerprint density at radius 3 is 2.35 bits per heavy atom. The summed E-state index contributed by atoms with van der Waals surface area (Å²) in [5.74, 6) is -0.755. The van der Waals surface area contributed by atoms with E-state index in [1.54, 1.807) is 48.5 Å². The predicted molar refractivity (Wildman–Crippen MR) is 85.1 cm³/mol. The van der Waals surface area contributed by atoms with Gasteiger partial charge in [0, 0.05) is 17.2 Å². The molecule has 1 aliphatic heterocycles. The molecule has 0 aromatic heterocycles. The van der Waals surface area contributed by atoms with Crippen LogP contribution < -0.4 is 4.72 Å². The van der Waals surface area contributed by atoms with Crippen molar-refractivity contribution in [1.82, 2.24) is 4.72 Å². The van der Waals surface area contributed by atoms with E-state index in [0.29, 0.717) is 11.1 Å². The maximum Gasteiger partial charge on any atom is 0.262 e. The minimum atomic E-state index is -3.64. The number of nitrogens with one attached hydrogen (secondary N) is 1. The molecule has 0 bridgehead atoms. The summed E-state index contributed by atoms with van der Waals surface area (Å²) in [7, 11) is -3.64. The first-order valence-corrected chi connectivity index (χ1v) is 8.41. The van der Waals surface area contributed by atoms with Gasteiger partial charge in [0.05, 0.1) is 17.0 Å². The third-order valence-electron chi connectivity index (χ3n) is 3.45. The molecule has 1 N–H and O–H groups in total. The highest BCUT2D eigenvalue weighted by Gasteiger charge is 2.29. The highest BCUT2D eigenvalue weighted by atomic mass is 32.2. The van der Waals surface area contributed by atoms with Crippen LogP contribution >= 0.6 is 0 Å². The molecule has 0 saturated carbocycles. The maximum absolute atomic E-state index is 12.1. The highest BCUT2D eigenvalue weighted by molar-refractivity contribution is 7.90. The van der Waals surface area contributed by atoms with Crippen molar-refractivity contribution in [3.8, 4) is 0 Å². The molecule has 116 valence electrons. The van der Waals surface area contributed by atoms with Crippen molar-refractivity contribution in [2.24, 2.45) is 0 Å². The fraction of sp³-hybridized carbons (Fsp3) is 0.0588. The van der Waals surface area contributed by atoms with Gasteiger partial charge in [-0.1, -0.05) is 48.5 Å². The van der Waals surface area contributed by atoms with Gasteiger partial charge in [-0.05, 0) is 6.07 Å². The van der Waals surface area contributed by atoms with E-state index in [2.05, 4.69) is 4.72 Å². The lowest BCUT2D eigenvalue weighted by Gasteiger charge is -2.00. The van der Waals surface area contributed by atoms with Gasteiger partial charge in [-0.2, -0.15) is 0 Å². The lowest BCUT2D eigenvalue weighted by atomic mass is 10.0. The van der Waals surface area contributed by atoms with Gasteiger partial charge >= 0.3 is 0 Å². The van der Waals surface area contributed by atoms with Crippen LogP contribution in [0.3, 0.4) is 0 Å². The van der Waals surface area contributed by atoms with Gasteiger partial charge in [0.25, 0.3) is 10.0 Å². The monoisotopic (exact) mass is 327 g/mol. The van der Waals surface area contributed by atoms with Crippen LogP contribution in [0.25, 0.3) is 5.70 Å². The summed E-state index contributed by atoms with van der Waals surface area (Å²) in [6.45, 7) is 0. The van der Waals surface area contributed by atoms with Crippen molar-refractivity contribution in [3.63, 3.8) is 0 Å². The van der Waals surface area contributed by atoms with Gasteiger partial charge in [0.2, 0.25) is 0 Å². The summed E-state index contributed by atoms with van der Waals surface area (Å²) in [6.07, 6.45) is 0.863. The van der Waals surface area contributed by atoms with Crippen LogP contribution in [-0.4, -0.2) is 20.0 Å². The van der Waals surface area contributed by atoms with Crippen LogP contribution in [0.4, 0.5) is 0 Å². The summed E-state index contributed by atoms with van der Waals surface area (Å²) in [4.78, 5) is 24.2. The lowest BCUT2D eigenvalue weighted by Crippen LogP contribution is -2.15. The Hall–Kier alpha value is -2.73. The molecule has 0 radical (unpaired) electrons. The number of allylic oxidation sites excluding steroid dienone is 1. The number of hydrogen-bond donors (Lipinski definition) is 1. The molecule has 0 unspecified atom stereocenters. The minimum absolute atomic E-state index is 0.133. The van der Waals surface area contributed by atoms with E-state index in [9.17, 15) is 18.0 Å². The third-order valence-corrected chi connectivity index (χ3v) is 4.87. The fourth-order valence-corrected chi connectivity index (χ4v) is 3.68. The zero-order valence-electron chi connectivity index (χ0n) is 12.0. The van der Waals surface area contributed by atoms with Crippen LogP contribution in [0.15, 0.2) is 65.6 Å². The Morgan fingerprint density at radius 1 is 0.957 bits per heavy atom. The van der Waals surface area contributed by atoms with Gasteiger partial charge < -0.3 is 0 Å². The van der Waals surface area contributed by atoms with E-state index in [4.69, 9.17) is 0 Å². The van der Waals surface area contributed by atoms with Gasteiger partial charge in [-0.25, -0.2) is 8.42 Å². The lowest BCUT2D eigenvalue weighted by molar-refractivity contribution is -0.113. The Balaban J connectivity index is 1.83. The zero-order chi connectivity index (χ0) is 16.4. The summed E-state index contributed by atoms with van der Waals surface area (Å²) >= 11 is 0. The normalized spacial score (nSPS) is 16.6. The highest BCUT2D eigenvalue weighted by Crippen LogP contribution is 2.29. The number of hydrogen-bond acceptors (Lipinski definition) is 4. The molecule has 2 aromatic rings. The Bertz CT molecular complexity index is 915. The second kappa shape index (κ2) is 5.81. The topological polar surface area (TPSA) is 80.3 Å². The molecule has 23 heavy (non-hydrogen) atoms. The number of ketones is 2. The van der Waals surface area contributed by atoms with Crippen molar-refractivity contribution in [2.45, 2.75) is 11.3 Å². The SMILES string of the molecule is O=C(/C=C1\NS(=O)(=O)c2ccccc21)CC(=O)c1ccccc1. The summed E-state index contributed by atoms with van der Waals surface area (Å²) in [5.41, 5.74) is 1.09. The number of sulfonamides is 1. The van der Waals surface area contributed by atoms with Crippen LogP contribution in [-0.2, 0) is 14.8 Å². The van der Waals surface area contributed by atoms with Crippen molar-refractivity contribution in [3.05, 3.63) is 71.8 Å². The van der Waals surface area contributed by atoms with E-state index in [1.165, 1.54) is 12.1 Å². The molecule has 0 spiro atoms. The molecule has 0 atom stereocenters.